The monoisotopic (exact) mass is 264 g/mol. The first kappa shape index (κ1) is 12.6. The Morgan fingerprint density at radius 2 is 2.16 bits per heavy atom. The molecule has 1 saturated carbocycles. The number of nitrogens with zero attached hydrogens (tertiary/aromatic N) is 2. The smallest absolute Gasteiger partial charge is 0.257 e. The molecule has 1 aromatic heterocycles. The number of rotatable bonds is 4. The first-order chi connectivity index (χ1) is 9.06. The third kappa shape index (κ3) is 2.36. The van der Waals surface area contributed by atoms with Crippen LogP contribution in [0.2, 0.25) is 0 Å². The molecule has 1 heterocycles. The lowest BCUT2D eigenvalue weighted by atomic mass is 10.0. The normalized spacial score (nSPS) is 22.6. The molecule has 0 N–H and O–H groups in total. The fourth-order valence-corrected chi connectivity index (χ4v) is 2.93. The molecule has 0 unspecified atom stereocenters. The van der Waals surface area contributed by atoms with Gasteiger partial charge in [0, 0.05) is 5.39 Å². The molecule has 0 saturated heterocycles. The summed E-state index contributed by atoms with van der Waals surface area (Å²) >= 11 is 0. The Kier molecular flexibility index (Phi) is 3.03. The number of hydrogen-bond donors (Lipinski definition) is 0. The van der Waals surface area contributed by atoms with Crippen molar-refractivity contribution in [2.24, 2.45) is 11.8 Å². The predicted molar refractivity (Wildman–Crippen MR) is 71.4 cm³/mol. The fraction of sp³-hybridized carbons (Fsp3) is 0.533. The van der Waals surface area contributed by atoms with Crippen LogP contribution in [0, 0.1) is 11.8 Å². The van der Waals surface area contributed by atoms with Crippen LogP contribution >= 0.6 is 0 Å². The van der Waals surface area contributed by atoms with E-state index in [1.807, 2.05) is 12.1 Å². The number of benzene rings is 1. The molecule has 2 nitrogen and oxygen atoms in total. The van der Waals surface area contributed by atoms with Gasteiger partial charge in [0.05, 0.1) is 11.7 Å². The van der Waals surface area contributed by atoms with Crippen molar-refractivity contribution < 1.29 is 8.78 Å². The molecule has 1 aliphatic carbocycles. The highest BCUT2D eigenvalue weighted by molar-refractivity contribution is 5.79. The number of halogens is 2. The van der Waals surface area contributed by atoms with E-state index in [2.05, 4.69) is 25.0 Å². The molecule has 1 aliphatic rings. The molecule has 102 valence electrons. The van der Waals surface area contributed by atoms with Gasteiger partial charge >= 0.3 is 0 Å². The molecule has 0 amide bonds. The predicted octanol–water partition coefficient (Wildman–Crippen LogP) is 4.06. The zero-order chi connectivity index (χ0) is 13.6. The van der Waals surface area contributed by atoms with Gasteiger partial charge in [0.2, 0.25) is 0 Å². The zero-order valence-electron chi connectivity index (χ0n) is 11.2. The summed E-state index contributed by atoms with van der Waals surface area (Å²) in [7, 11) is 0. The van der Waals surface area contributed by atoms with Gasteiger partial charge in [0.1, 0.15) is 6.54 Å². The Balaban J connectivity index is 1.91. The van der Waals surface area contributed by atoms with E-state index < -0.39 is 6.43 Å². The minimum absolute atomic E-state index is 0.328. The van der Waals surface area contributed by atoms with Crippen LogP contribution in [0.5, 0.6) is 0 Å². The SMILES string of the molecule is CC(C)[C@H]1C[C@@H]1c1ccc2cnn(CC(F)F)c2c1. The largest absolute Gasteiger partial charge is 0.259 e. The Morgan fingerprint density at radius 1 is 1.37 bits per heavy atom. The van der Waals surface area contributed by atoms with Crippen LogP contribution < -0.4 is 0 Å². The van der Waals surface area contributed by atoms with Gasteiger partial charge in [-0.2, -0.15) is 5.10 Å². The second kappa shape index (κ2) is 4.58. The standard InChI is InChI=1S/C15H18F2N2/c1-9(2)12-6-13(12)10-3-4-11-7-18-19(8-15(16)17)14(11)5-10/h3-5,7,9,12-13,15H,6,8H2,1-2H3/t12-,13-/m1/s1. The lowest BCUT2D eigenvalue weighted by molar-refractivity contribution is 0.123. The lowest BCUT2D eigenvalue weighted by Crippen LogP contribution is -2.07. The summed E-state index contributed by atoms with van der Waals surface area (Å²) in [5, 5.41) is 4.98. The van der Waals surface area contributed by atoms with Gasteiger partial charge in [0.25, 0.3) is 6.43 Å². The molecule has 19 heavy (non-hydrogen) atoms. The molecule has 3 rings (SSSR count). The quantitative estimate of drug-likeness (QED) is 0.814. The van der Waals surface area contributed by atoms with Gasteiger partial charge in [-0.1, -0.05) is 26.0 Å². The average Bonchev–Trinajstić information content (AvgIpc) is 3.07. The van der Waals surface area contributed by atoms with Crippen LogP contribution in [-0.2, 0) is 6.54 Å². The van der Waals surface area contributed by atoms with Crippen molar-refractivity contribution in [3.63, 3.8) is 0 Å². The minimum Gasteiger partial charge on any atom is -0.259 e. The van der Waals surface area contributed by atoms with Crippen molar-refractivity contribution in [1.82, 2.24) is 9.78 Å². The summed E-state index contributed by atoms with van der Waals surface area (Å²) in [6.07, 6.45) is 0.511. The molecule has 1 aromatic carbocycles. The van der Waals surface area contributed by atoms with Gasteiger partial charge in [-0.15, -0.1) is 0 Å². The third-order valence-electron chi connectivity index (χ3n) is 4.10. The van der Waals surface area contributed by atoms with Gasteiger partial charge in [-0.05, 0) is 35.8 Å². The second-order valence-electron chi connectivity index (χ2n) is 5.79. The summed E-state index contributed by atoms with van der Waals surface area (Å²) in [5.74, 6) is 2.02. The van der Waals surface area contributed by atoms with Crippen LogP contribution in [0.15, 0.2) is 24.4 Å². The van der Waals surface area contributed by atoms with Crippen LogP contribution in [0.25, 0.3) is 10.9 Å². The van der Waals surface area contributed by atoms with E-state index in [1.165, 1.54) is 16.7 Å². The number of fused-ring (bicyclic) bond motifs is 1. The molecular weight excluding hydrogens is 246 g/mol. The van der Waals surface area contributed by atoms with E-state index in [0.29, 0.717) is 11.8 Å². The van der Waals surface area contributed by atoms with Gasteiger partial charge in [-0.25, -0.2) is 8.78 Å². The van der Waals surface area contributed by atoms with E-state index in [-0.39, 0.29) is 6.54 Å². The highest BCUT2D eigenvalue weighted by atomic mass is 19.3. The molecule has 2 atom stereocenters. The first-order valence-electron chi connectivity index (χ1n) is 6.80. The highest BCUT2D eigenvalue weighted by Crippen LogP contribution is 2.51. The molecule has 1 fully saturated rings. The summed E-state index contributed by atoms with van der Waals surface area (Å²) in [4.78, 5) is 0. The van der Waals surface area contributed by atoms with Crippen molar-refractivity contribution in [2.45, 2.75) is 39.2 Å². The molecule has 2 aromatic rings. The van der Waals surface area contributed by atoms with Crippen molar-refractivity contribution in [3.8, 4) is 0 Å². The van der Waals surface area contributed by atoms with E-state index in [9.17, 15) is 8.78 Å². The van der Waals surface area contributed by atoms with Crippen molar-refractivity contribution in [2.75, 3.05) is 0 Å². The van der Waals surface area contributed by atoms with Gasteiger partial charge in [-0.3, -0.25) is 4.68 Å². The Hall–Kier alpha value is -1.45. The van der Waals surface area contributed by atoms with E-state index in [0.717, 1.165) is 16.8 Å². The van der Waals surface area contributed by atoms with Crippen molar-refractivity contribution in [3.05, 3.63) is 30.0 Å². The molecule has 0 spiro atoms. The molecule has 0 aliphatic heterocycles. The second-order valence-corrected chi connectivity index (χ2v) is 5.79. The van der Waals surface area contributed by atoms with E-state index >= 15 is 0 Å². The van der Waals surface area contributed by atoms with Crippen LogP contribution in [0.3, 0.4) is 0 Å². The van der Waals surface area contributed by atoms with Gasteiger partial charge < -0.3 is 0 Å². The van der Waals surface area contributed by atoms with Crippen LogP contribution in [0.1, 0.15) is 31.7 Å². The number of alkyl halides is 2. The highest BCUT2D eigenvalue weighted by Gasteiger charge is 2.40. The molecular formula is C15H18F2N2. The molecule has 0 bridgehead atoms. The maximum atomic E-state index is 12.5. The fourth-order valence-electron chi connectivity index (χ4n) is 2.93. The van der Waals surface area contributed by atoms with E-state index in [1.54, 1.807) is 6.20 Å². The number of aromatic nitrogens is 2. The Labute approximate surface area is 111 Å². The van der Waals surface area contributed by atoms with Crippen molar-refractivity contribution >= 4 is 10.9 Å². The number of hydrogen-bond acceptors (Lipinski definition) is 1. The summed E-state index contributed by atoms with van der Waals surface area (Å²) in [6, 6.07) is 6.15. The first-order valence-corrected chi connectivity index (χ1v) is 6.80. The molecule has 4 heteroatoms. The minimum atomic E-state index is -2.36. The maximum absolute atomic E-state index is 12.5. The van der Waals surface area contributed by atoms with Crippen molar-refractivity contribution in [1.29, 1.82) is 0 Å². The van der Waals surface area contributed by atoms with Crippen LogP contribution in [0.4, 0.5) is 8.78 Å². The zero-order valence-corrected chi connectivity index (χ0v) is 11.2. The van der Waals surface area contributed by atoms with E-state index in [4.69, 9.17) is 0 Å². The summed E-state index contributed by atoms with van der Waals surface area (Å²) in [6.45, 7) is 4.15. The topological polar surface area (TPSA) is 17.8 Å². The van der Waals surface area contributed by atoms with Gasteiger partial charge in [0.15, 0.2) is 0 Å². The summed E-state index contributed by atoms with van der Waals surface area (Å²) in [5.41, 5.74) is 2.09. The average molecular weight is 264 g/mol. The third-order valence-corrected chi connectivity index (χ3v) is 4.10. The maximum Gasteiger partial charge on any atom is 0.257 e. The molecule has 0 radical (unpaired) electrons. The lowest BCUT2D eigenvalue weighted by Gasteiger charge is -2.06. The summed E-state index contributed by atoms with van der Waals surface area (Å²) < 4.78 is 26.4. The Morgan fingerprint density at radius 3 is 2.79 bits per heavy atom. The Bertz CT molecular complexity index is 589. The van der Waals surface area contributed by atoms with Crippen LogP contribution in [-0.4, -0.2) is 16.2 Å².